The predicted molar refractivity (Wildman–Crippen MR) is 79.2 cm³/mol. The van der Waals surface area contributed by atoms with Gasteiger partial charge in [-0.25, -0.2) is 5.43 Å². The average Bonchev–Trinajstić information content (AvgIpc) is 2.64. The van der Waals surface area contributed by atoms with Crippen LogP contribution in [0, 0.1) is 3.57 Å². The van der Waals surface area contributed by atoms with Crippen molar-refractivity contribution in [2.75, 3.05) is 0 Å². The first kappa shape index (κ1) is 13.0. The molecule has 4 nitrogen and oxygen atoms in total. The molecular formula is C11H12BrIN4. The van der Waals surface area contributed by atoms with Gasteiger partial charge in [-0.2, -0.15) is 5.10 Å². The highest BCUT2D eigenvalue weighted by Gasteiger charge is 2.19. The molecular weight excluding hydrogens is 395 g/mol. The number of aromatic nitrogens is 2. The zero-order chi connectivity index (χ0) is 12.4. The largest absolute Gasteiger partial charge is 0.271 e. The summed E-state index contributed by atoms with van der Waals surface area (Å²) in [5.41, 5.74) is 4.95. The summed E-state index contributed by atoms with van der Waals surface area (Å²) in [7, 11) is 1.90. The Morgan fingerprint density at radius 1 is 1.41 bits per heavy atom. The van der Waals surface area contributed by atoms with Gasteiger partial charge in [0.15, 0.2) is 0 Å². The van der Waals surface area contributed by atoms with Gasteiger partial charge in [0.05, 0.1) is 22.4 Å². The Morgan fingerprint density at radius 2 is 2.06 bits per heavy atom. The summed E-state index contributed by atoms with van der Waals surface area (Å²) in [6.07, 6.45) is 1.77. The second-order valence-corrected chi connectivity index (χ2v) is 5.75. The van der Waals surface area contributed by atoms with E-state index in [0.29, 0.717) is 0 Å². The lowest BCUT2D eigenvalue weighted by atomic mass is 10.0. The summed E-state index contributed by atoms with van der Waals surface area (Å²) in [5, 5.41) is 4.20. The van der Waals surface area contributed by atoms with E-state index in [1.165, 1.54) is 3.57 Å². The van der Waals surface area contributed by atoms with Crippen molar-refractivity contribution in [3.63, 3.8) is 0 Å². The number of rotatable bonds is 3. The highest BCUT2D eigenvalue weighted by molar-refractivity contribution is 14.1. The lowest BCUT2D eigenvalue weighted by Crippen LogP contribution is -2.30. The standard InChI is InChI=1S/C11H12BrIN4/c1-17-11(9(12)6-15-17)10(16-14)7-2-4-8(13)5-3-7/h2-6,10,16H,14H2,1H3. The van der Waals surface area contributed by atoms with Crippen molar-refractivity contribution in [1.29, 1.82) is 0 Å². The van der Waals surface area contributed by atoms with Gasteiger partial charge in [0, 0.05) is 10.6 Å². The van der Waals surface area contributed by atoms with E-state index >= 15 is 0 Å². The smallest absolute Gasteiger partial charge is 0.0889 e. The van der Waals surface area contributed by atoms with Crippen LogP contribution >= 0.6 is 38.5 Å². The van der Waals surface area contributed by atoms with E-state index in [1.807, 2.05) is 11.7 Å². The third-order valence-electron chi connectivity index (χ3n) is 2.58. The van der Waals surface area contributed by atoms with E-state index in [0.717, 1.165) is 15.7 Å². The number of halogens is 2. The zero-order valence-electron chi connectivity index (χ0n) is 9.19. The molecule has 0 amide bonds. The lowest BCUT2D eigenvalue weighted by molar-refractivity contribution is 0.573. The van der Waals surface area contributed by atoms with Gasteiger partial charge in [-0.05, 0) is 56.2 Å². The maximum atomic E-state index is 5.66. The molecule has 0 bridgehead atoms. The van der Waals surface area contributed by atoms with Crippen LogP contribution < -0.4 is 11.3 Å². The van der Waals surface area contributed by atoms with E-state index in [1.54, 1.807) is 6.20 Å². The van der Waals surface area contributed by atoms with Crippen LogP contribution in [0.2, 0.25) is 0 Å². The van der Waals surface area contributed by atoms with Crippen molar-refractivity contribution in [3.8, 4) is 0 Å². The average molecular weight is 407 g/mol. The van der Waals surface area contributed by atoms with Gasteiger partial charge < -0.3 is 0 Å². The van der Waals surface area contributed by atoms with E-state index < -0.39 is 0 Å². The normalized spacial score (nSPS) is 12.7. The Bertz CT molecular complexity index is 489. The molecule has 2 aromatic rings. The second kappa shape index (κ2) is 5.47. The number of hydrogen-bond donors (Lipinski definition) is 2. The highest BCUT2D eigenvalue weighted by atomic mass is 127. The fourth-order valence-corrected chi connectivity index (χ4v) is 2.67. The van der Waals surface area contributed by atoms with E-state index in [9.17, 15) is 0 Å². The van der Waals surface area contributed by atoms with Crippen molar-refractivity contribution >= 4 is 38.5 Å². The molecule has 1 atom stereocenters. The molecule has 0 spiro atoms. The molecule has 90 valence electrons. The van der Waals surface area contributed by atoms with Crippen molar-refractivity contribution in [3.05, 3.63) is 49.8 Å². The highest BCUT2D eigenvalue weighted by Crippen LogP contribution is 2.27. The van der Waals surface area contributed by atoms with E-state index in [4.69, 9.17) is 5.84 Å². The quantitative estimate of drug-likeness (QED) is 0.467. The summed E-state index contributed by atoms with van der Waals surface area (Å²) in [6, 6.07) is 8.17. The van der Waals surface area contributed by atoms with Gasteiger partial charge in [0.2, 0.25) is 0 Å². The topological polar surface area (TPSA) is 55.9 Å². The van der Waals surface area contributed by atoms with Crippen LogP contribution in [0.25, 0.3) is 0 Å². The van der Waals surface area contributed by atoms with Gasteiger partial charge in [-0.3, -0.25) is 10.5 Å². The number of hydrogen-bond acceptors (Lipinski definition) is 3. The van der Waals surface area contributed by atoms with Crippen molar-refractivity contribution in [1.82, 2.24) is 15.2 Å². The predicted octanol–water partition coefficient (Wildman–Crippen LogP) is 2.34. The molecule has 1 aromatic heterocycles. The Morgan fingerprint density at radius 3 is 2.53 bits per heavy atom. The molecule has 3 N–H and O–H groups in total. The van der Waals surface area contributed by atoms with Crippen molar-refractivity contribution in [2.24, 2.45) is 12.9 Å². The third kappa shape index (κ3) is 2.70. The van der Waals surface area contributed by atoms with Crippen LogP contribution in [0.3, 0.4) is 0 Å². The number of aryl methyl sites for hydroxylation is 1. The van der Waals surface area contributed by atoms with Crippen LogP contribution in [0.15, 0.2) is 34.9 Å². The fraction of sp³-hybridized carbons (Fsp3) is 0.182. The summed E-state index contributed by atoms with van der Waals surface area (Å²) in [6.45, 7) is 0. The molecule has 0 aliphatic carbocycles. The first-order valence-electron chi connectivity index (χ1n) is 5.02. The molecule has 0 saturated heterocycles. The van der Waals surface area contributed by atoms with Crippen LogP contribution in [0.5, 0.6) is 0 Å². The lowest BCUT2D eigenvalue weighted by Gasteiger charge is -2.17. The van der Waals surface area contributed by atoms with Crippen molar-refractivity contribution < 1.29 is 0 Å². The summed E-state index contributed by atoms with van der Waals surface area (Å²) < 4.78 is 3.96. The van der Waals surface area contributed by atoms with Crippen LogP contribution in [0.4, 0.5) is 0 Å². The number of benzene rings is 1. The minimum atomic E-state index is -0.0751. The first-order chi connectivity index (χ1) is 8.13. The van der Waals surface area contributed by atoms with E-state index in [-0.39, 0.29) is 6.04 Å². The maximum Gasteiger partial charge on any atom is 0.0889 e. The molecule has 0 fully saturated rings. The molecule has 1 heterocycles. The molecule has 0 saturated carbocycles. The second-order valence-electron chi connectivity index (χ2n) is 3.65. The third-order valence-corrected chi connectivity index (χ3v) is 3.91. The zero-order valence-corrected chi connectivity index (χ0v) is 12.9. The SMILES string of the molecule is Cn1ncc(Br)c1C(NN)c1ccc(I)cc1. The monoisotopic (exact) mass is 406 g/mol. The molecule has 0 aliphatic heterocycles. The molecule has 0 radical (unpaired) electrons. The van der Waals surface area contributed by atoms with Crippen molar-refractivity contribution in [2.45, 2.75) is 6.04 Å². The molecule has 6 heteroatoms. The Balaban J connectivity index is 2.43. The Hall–Kier alpha value is -0.440. The summed E-state index contributed by atoms with van der Waals surface area (Å²) in [5.74, 6) is 5.66. The van der Waals surface area contributed by atoms with Gasteiger partial charge in [-0.1, -0.05) is 12.1 Å². The van der Waals surface area contributed by atoms with Gasteiger partial charge in [0.1, 0.15) is 0 Å². The maximum absolute atomic E-state index is 5.66. The molecule has 1 aromatic carbocycles. The number of nitrogens with one attached hydrogen (secondary N) is 1. The summed E-state index contributed by atoms with van der Waals surface area (Å²) >= 11 is 5.77. The summed E-state index contributed by atoms with van der Waals surface area (Å²) in [4.78, 5) is 0. The fourth-order valence-electron chi connectivity index (χ4n) is 1.73. The number of nitrogens with zero attached hydrogens (tertiary/aromatic N) is 2. The van der Waals surface area contributed by atoms with Gasteiger partial charge in [-0.15, -0.1) is 0 Å². The number of hydrazine groups is 1. The van der Waals surface area contributed by atoms with Crippen LogP contribution in [-0.2, 0) is 7.05 Å². The van der Waals surface area contributed by atoms with Crippen LogP contribution in [0.1, 0.15) is 17.3 Å². The van der Waals surface area contributed by atoms with Gasteiger partial charge >= 0.3 is 0 Å². The Kier molecular flexibility index (Phi) is 4.18. The minimum Gasteiger partial charge on any atom is -0.271 e. The number of nitrogens with two attached hydrogens (primary N) is 1. The Labute approximate surface area is 122 Å². The van der Waals surface area contributed by atoms with E-state index in [2.05, 4.69) is 73.3 Å². The molecule has 17 heavy (non-hydrogen) atoms. The molecule has 2 rings (SSSR count). The van der Waals surface area contributed by atoms with Gasteiger partial charge in [0.25, 0.3) is 0 Å². The molecule has 0 aliphatic rings. The van der Waals surface area contributed by atoms with Crippen LogP contribution in [-0.4, -0.2) is 9.78 Å². The molecule has 1 unspecified atom stereocenters. The first-order valence-corrected chi connectivity index (χ1v) is 6.89. The minimum absolute atomic E-state index is 0.0751.